The first-order valence-electron chi connectivity index (χ1n) is 2.91. The van der Waals surface area contributed by atoms with Crippen LogP contribution >= 0.6 is 0 Å². The molecule has 0 saturated carbocycles. The van der Waals surface area contributed by atoms with Crippen LogP contribution in [0.1, 0.15) is 0 Å². The number of imidazole rings is 1. The summed E-state index contributed by atoms with van der Waals surface area (Å²) in [6.07, 6.45) is 6.55. The predicted molar refractivity (Wildman–Crippen MR) is 41.2 cm³/mol. The van der Waals surface area contributed by atoms with E-state index in [1.54, 1.807) is 18.5 Å². The Kier molecular flexibility index (Phi) is 1.89. The highest BCUT2D eigenvalue weighted by Gasteiger charge is 1.78. The first kappa shape index (κ1) is 6.61. The first-order chi connectivity index (χ1) is 4.84. The minimum atomic E-state index is 0.804. The Morgan fingerprint density at radius 2 is 2.50 bits per heavy atom. The molecule has 3 nitrogen and oxygen atoms in total. The highest BCUT2D eigenvalue weighted by molar-refractivity contribution is 5.33. The van der Waals surface area contributed by atoms with Crippen LogP contribution in [0.5, 0.6) is 0 Å². The lowest BCUT2D eigenvalue weighted by Crippen LogP contribution is -2.21. The molecule has 3 heteroatoms. The molecule has 52 valence electrons. The van der Waals surface area contributed by atoms with Crippen LogP contribution in [0.2, 0.25) is 0 Å². The van der Waals surface area contributed by atoms with Crippen LogP contribution in [-0.4, -0.2) is 9.97 Å². The van der Waals surface area contributed by atoms with Crippen molar-refractivity contribution in [2.75, 3.05) is 0 Å². The molecule has 1 rings (SSSR count). The van der Waals surface area contributed by atoms with E-state index in [4.69, 9.17) is 5.73 Å². The Morgan fingerprint density at radius 1 is 1.70 bits per heavy atom. The zero-order chi connectivity index (χ0) is 7.40. The number of allylic oxidation sites excluding steroid dienone is 1. The van der Waals surface area contributed by atoms with Crippen molar-refractivity contribution < 1.29 is 0 Å². The van der Waals surface area contributed by atoms with E-state index < -0.39 is 0 Å². The maximum absolute atomic E-state index is 5.12. The van der Waals surface area contributed by atoms with E-state index >= 15 is 0 Å². The predicted octanol–water partition coefficient (Wildman–Crippen LogP) is -0.927. The van der Waals surface area contributed by atoms with Gasteiger partial charge in [0.2, 0.25) is 0 Å². The number of hydrogen-bond donors (Lipinski definition) is 2. The number of aromatic nitrogens is 2. The van der Waals surface area contributed by atoms with E-state index in [1.165, 1.54) is 6.20 Å². The van der Waals surface area contributed by atoms with Crippen LogP contribution in [-0.2, 0) is 0 Å². The van der Waals surface area contributed by atoms with Gasteiger partial charge in [-0.3, -0.25) is 0 Å². The van der Waals surface area contributed by atoms with Crippen molar-refractivity contribution >= 4 is 12.7 Å². The second kappa shape index (κ2) is 2.87. The number of hydrogen-bond acceptors (Lipinski definition) is 2. The topological polar surface area (TPSA) is 54.7 Å². The van der Waals surface area contributed by atoms with Crippen molar-refractivity contribution in [3.63, 3.8) is 0 Å². The smallest absolute Gasteiger partial charge is 0.0931 e. The molecule has 0 spiro atoms. The molecule has 0 aliphatic rings. The van der Waals surface area contributed by atoms with Crippen LogP contribution < -0.4 is 16.4 Å². The zero-order valence-corrected chi connectivity index (χ0v) is 5.54. The number of nitrogens with one attached hydrogen (secondary N) is 1. The molecule has 0 aliphatic heterocycles. The summed E-state index contributed by atoms with van der Waals surface area (Å²) in [5.41, 5.74) is 5.12. The standard InChI is InChI=1S/C7H9N3/c1-6-7(3-2-4-8)10-5-9-6/h2-5H,1,8H2,(H,9,10)/b4-2-,7-3+. The third-order valence-electron chi connectivity index (χ3n) is 1.12. The Morgan fingerprint density at radius 3 is 3.00 bits per heavy atom. The van der Waals surface area contributed by atoms with Crippen molar-refractivity contribution in [2.24, 2.45) is 5.73 Å². The van der Waals surface area contributed by atoms with Gasteiger partial charge in [-0.2, -0.15) is 0 Å². The molecule has 0 aliphatic carbocycles. The van der Waals surface area contributed by atoms with Crippen LogP contribution in [0.3, 0.4) is 0 Å². The first-order valence-corrected chi connectivity index (χ1v) is 2.91. The summed E-state index contributed by atoms with van der Waals surface area (Å²) >= 11 is 0. The van der Waals surface area contributed by atoms with E-state index in [9.17, 15) is 0 Å². The Labute approximate surface area is 58.6 Å². The Bertz CT molecular complexity index is 321. The van der Waals surface area contributed by atoms with Crippen molar-refractivity contribution in [3.8, 4) is 0 Å². The van der Waals surface area contributed by atoms with E-state index in [0.29, 0.717) is 0 Å². The van der Waals surface area contributed by atoms with Crippen LogP contribution in [0, 0.1) is 0 Å². The van der Waals surface area contributed by atoms with Crippen molar-refractivity contribution in [2.45, 2.75) is 0 Å². The van der Waals surface area contributed by atoms with Crippen molar-refractivity contribution in [1.82, 2.24) is 9.97 Å². The normalized spacial score (nSPS) is 13.0. The Balaban J connectivity index is 3.16. The highest BCUT2D eigenvalue weighted by atomic mass is 14.8. The summed E-state index contributed by atoms with van der Waals surface area (Å²) in [7, 11) is 0. The van der Waals surface area contributed by atoms with Crippen LogP contribution in [0.15, 0.2) is 18.6 Å². The third kappa shape index (κ3) is 1.25. The van der Waals surface area contributed by atoms with E-state index in [0.717, 1.165) is 10.7 Å². The average molecular weight is 135 g/mol. The molecule has 0 saturated heterocycles. The molecule has 0 aromatic carbocycles. The van der Waals surface area contributed by atoms with Crippen molar-refractivity contribution in [1.29, 1.82) is 0 Å². The fourth-order valence-electron chi connectivity index (χ4n) is 0.622. The minimum Gasteiger partial charge on any atom is -0.405 e. The van der Waals surface area contributed by atoms with Gasteiger partial charge in [0.05, 0.1) is 17.0 Å². The lowest BCUT2D eigenvalue weighted by Gasteiger charge is -1.70. The lowest BCUT2D eigenvalue weighted by molar-refractivity contribution is 1.29. The highest BCUT2D eigenvalue weighted by Crippen LogP contribution is 1.63. The molecular formula is C7H9N3. The minimum absolute atomic E-state index is 0.804. The van der Waals surface area contributed by atoms with Gasteiger partial charge in [-0.25, -0.2) is 4.98 Å². The molecule has 1 heterocycles. The molecule has 0 unspecified atom stereocenters. The summed E-state index contributed by atoms with van der Waals surface area (Å²) in [6.45, 7) is 3.71. The fourth-order valence-corrected chi connectivity index (χ4v) is 0.622. The summed E-state index contributed by atoms with van der Waals surface area (Å²) < 4.78 is 0. The molecule has 3 N–H and O–H groups in total. The summed E-state index contributed by atoms with van der Waals surface area (Å²) in [5, 5.41) is 1.62. The molecule has 10 heavy (non-hydrogen) atoms. The zero-order valence-electron chi connectivity index (χ0n) is 5.54. The van der Waals surface area contributed by atoms with E-state index in [-0.39, 0.29) is 0 Å². The molecule has 0 atom stereocenters. The Hall–Kier alpha value is -1.51. The number of aromatic amines is 1. The summed E-state index contributed by atoms with van der Waals surface area (Å²) in [4.78, 5) is 6.82. The van der Waals surface area contributed by atoms with E-state index in [1.807, 2.05) is 0 Å². The molecule has 1 aromatic rings. The second-order valence-corrected chi connectivity index (χ2v) is 1.82. The molecular weight excluding hydrogens is 126 g/mol. The van der Waals surface area contributed by atoms with Gasteiger partial charge in [0.15, 0.2) is 0 Å². The van der Waals surface area contributed by atoms with Gasteiger partial charge in [-0.05, 0) is 18.4 Å². The van der Waals surface area contributed by atoms with E-state index in [2.05, 4.69) is 16.5 Å². The number of H-pyrrole nitrogens is 1. The molecule has 0 amide bonds. The SMILES string of the molecule is C=c1[nH]cn/c1=C/C=C\N. The van der Waals surface area contributed by atoms with Gasteiger partial charge in [-0.15, -0.1) is 0 Å². The number of nitrogens with two attached hydrogens (primary N) is 1. The summed E-state index contributed by atoms with van der Waals surface area (Å²) in [5.74, 6) is 0. The molecule has 1 aromatic heterocycles. The monoisotopic (exact) mass is 135 g/mol. The number of rotatable bonds is 1. The third-order valence-corrected chi connectivity index (χ3v) is 1.12. The van der Waals surface area contributed by atoms with Gasteiger partial charge in [0.25, 0.3) is 0 Å². The van der Waals surface area contributed by atoms with Gasteiger partial charge in [-0.1, -0.05) is 6.58 Å². The maximum Gasteiger partial charge on any atom is 0.0931 e. The average Bonchev–Trinajstić information content (AvgIpc) is 2.31. The van der Waals surface area contributed by atoms with Crippen molar-refractivity contribution in [3.05, 3.63) is 29.3 Å². The summed E-state index contributed by atoms with van der Waals surface area (Å²) in [6, 6.07) is 0. The fraction of sp³-hybridized carbons (Fsp3) is 0. The van der Waals surface area contributed by atoms with Gasteiger partial charge < -0.3 is 10.7 Å². The largest absolute Gasteiger partial charge is 0.405 e. The number of nitrogens with zero attached hydrogens (tertiary/aromatic N) is 1. The van der Waals surface area contributed by atoms with Gasteiger partial charge in [0, 0.05) is 0 Å². The molecule has 0 bridgehead atoms. The second-order valence-electron chi connectivity index (χ2n) is 1.82. The maximum atomic E-state index is 5.12. The van der Waals surface area contributed by atoms with Gasteiger partial charge in [0.1, 0.15) is 0 Å². The quantitative estimate of drug-likeness (QED) is 0.523. The van der Waals surface area contributed by atoms with Crippen LogP contribution in [0.25, 0.3) is 12.7 Å². The molecule has 0 radical (unpaired) electrons. The lowest BCUT2D eigenvalue weighted by atomic mass is 10.5. The van der Waals surface area contributed by atoms with Crippen LogP contribution in [0.4, 0.5) is 0 Å². The van der Waals surface area contributed by atoms with Gasteiger partial charge >= 0.3 is 0 Å². The molecule has 0 fully saturated rings.